The fourth-order valence-corrected chi connectivity index (χ4v) is 1.70. The number of hydrogen-bond donors (Lipinski definition) is 3. The fraction of sp³-hybridized carbons (Fsp3) is 0.231. The molecule has 0 spiro atoms. The SMILES string of the molecule is CC1=NNC(=O)N(NNC(=O)/N=C/c2cccc(OC(F)(F)F)c2)C1. The Balaban J connectivity index is 1.89. The van der Waals surface area contributed by atoms with Crippen molar-refractivity contribution in [3.05, 3.63) is 29.8 Å². The predicted octanol–water partition coefficient (Wildman–Crippen LogP) is 1.53. The molecule has 0 saturated heterocycles. The molecule has 9 nitrogen and oxygen atoms in total. The molecule has 0 bridgehead atoms. The molecule has 0 fully saturated rings. The third-order valence-corrected chi connectivity index (χ3v) is 2.69. The molecular formula is C13H13F3N6O3. The lowest BCUT2D eigenvalue weighted by atomic mass is 10.2. The number of carbonyl (C=O) groups excluding carboxylic acids is 2. The minimum atomic E-state index is -4.81. The molecule has 2 rings (SSSR count). The van der Waals surface area contributed by atoms with Crippen molar-refractivity contribution in [2.75, 3.05) is 6.54 Å². The lowest BCUT2D eigenvalue weighted by Crippen LogP contribution is -2.57. The number of halogens is 3. The van der Waals surface area contributed by atoms with E-state index >= 15 is 0 Å². The number of nitrogens with one attached hydrogen (secondary N) is 3. The first kappa shape index (κ1) is 18.2. The Morgan fingerprint density at radius 1 is 1.48 bits per heavy atom. The van der Waals surface area contributed by atoms with Crippen LogP contribution < -0.4 is 21.1 Å². The average Bonchev–Trinajstić information content (AvgIpc) is 2.52. The van der Waals surface area contributed by atoms with Gasteiger partial charge in [0.05, 0.1) is 12.3 Å². The molecule has 0 aliphatic carbocycles. The minimum Gasteiger partial charge on any atom is -0.406 e. The van der Waals surface area contributed by atoms with E-state index in [0.29, 0.717) is 5.71 Å². The number of benzene rings is 1. The standard InChI is InChI=1S/C13H13F3N6O3/c1-8-7-22(12(24)20-18-8)21-19-11(23)17-6-9-3-2-4-10(5-9)25-13(14,15)16/h2-6,21H,7H2,1H3,(H,19,23)(H,20,24)/b17-6+. The number of alkyl halides is 3. The highest BCUT2D eigenvalue weighted by molar-refractivity contribution is 5.92. The van der Waals surface area contributed by atoms with E-state index in [-0.39, 0.29) is 12.1 Å². The number of nitrogens with zero attached hydrogens (tertiary/aromatic N) is 3. The Kier molecular flexibility index (Phi) is 5.54. The zero-order valence-corrected chi connectivity index (χ0v) is 12.8. The highest BCUT2D eigenvalue weighted by Crippen LogP contribution is 2.22. The van der Waals surface area contributed by atoms with Crippen molar-refractivity contribution in [1.82, 2.24) is 21.4 Å². The van der Waals surface area contributed by atoms with Gasteiger partial charge in [-0.25, -0.2) is 25.0 Å². The van der Waals surface area contributed by atoms with Gasteiger partial charge in [-0.2, -0.15) is 5.10 Å². The molecule has 3 N–H and O–H groups in total. The van der Waals surface area contributed by atoms with Crippen LogP contribution in [-0.4, -0.2) is 41.9 Å². The summed E-state index contributed by atoms with van der Waals surface area (Å²) in [6, 6.07) is 3.49. The van der Waals surface area contributed by atoms with Crippen molar-refractivity contribution in [3.8, 4) is 5.75 Å². The van der Waals surface area contributed by atoms with E-state index in [1.807, 2.05) is 0 Å². The normalized spacial score (nSPS) is 15.0. The molecule has 1 aromatic rings. The third kappa shape index (κ3) is 6.10. The number of hydrazone groups is 1. The predicted molar refractivity (Wildman–Crippen MR) is 80.7 cm³/mol. The van der Waals surface area contributed by atoms with Crippen molar-refractivity contribution in [1.29, 1.82) is 0 Å². The molecule has 0 aromatic heterocycles. The summed E-state index contributed by atoms with van der Waals surface area (Å²) >= 11 is 0. The number of amides is 4. The van der Waals surface area contributed by atoms with Crippen molar-refractivity contribution in [3.63, 3.8) is 0 Å². The van der Waals surface area contributed by atoms with Gasteiger partial charge in [-0.15, -0.1) is 18.7 Å². The van der Waals surface area contributed by atoms with E-state index < -0.39 is 24.2 Å². The summed E-state index contributed by atoms with van der Waals surface area (Å²) in [4.78, 5) is 26.5. The Morgan fingerprint density at radius 2 is 2.24 bits per heavy atom. The minimum absolute atomic E-state index is 0.145. The molecule has 12 heteroatoms. The first-order valence-electron chi connectivity index (χ1n) is 6.79. The summed E-state index contributed by atoms with van der Waals surface area (Å²) in [6.07, 6.45) is -3.77. The van der Waals surface area contributed by atoms with Gasteiger partial charge in [-0.1, -0.05) is 12.1 Å². The third-order valence-electron chi connectivity index (χ3n) is 2.69. The van der Waals surface area contributed by atoms with Crippen molar-refractivity contribution in [2.45, 2.75) is 13.3 Å². The van der Waals surface area contributed by atoms with Crippen LogP contribution in [0.3, 0.4) is 0 Å². The lowest BCUT2D eigenvalue weighted by molar-refractivity contribution is -0.274. The van der Waals surface area contributed by atoms with Crippen LogP contribution in [0, 0.1) is 0 Å². The number of hydrazine groups is 2. The Bertz CT molecular complexity index is 719. The largest absolute Gasteiger partial charge is 0.573 e. The van der Waals surface area contributed by atoms with Crippen molar-refractivity contribution in [2.24, 2.45) is 10.1 Å². The van der Waals surface area contributed by atoms with E-state index in [1.165, 1.54) is 12.1 Å². The number of hydrogen-bond acceptors (Lipinski definition) is 5. The summed E-state index contributed by atoms with van der Waals surface area (Å²) in [5, 5.41) is 4.75. The van der Waals surface area contributed by atoms with Crippen LogP contribution >= 0.6 is 0 Å². The Hall–Kier alpha value is -3.15. The molecule has 0 atom stereocenters. The maximum absolute atomic E-state index is 12.1. The van der Waals surface area contributed by atoms with Crippen LogP contribution in [0.5, 0.6) is 5.75 Å². The van der Waals surface area contributed by atoms with Gasteiger partial charge in [-0.05, 0) is 24.6 Å². The van der Waals surface area contributed by atoms with Gasteiger partial charge < -0.3 is 4.74 Å². The molecule has 134 valence electrons. The number of ether oxygens (including phenoxy) is 1. The maximum atomic E-state index is 12.1. The Labute approximate surface area is 139 Å². The van der Waals surface area contributed by atoms with E-state index in [4.69, 9.17) is 0 Å². The molecule has 0 saturated carbocycles. The van der Waals surface area contributed by atoms with Gasteiger partial charge in [0.1, 0.15) is 5.75 Å². The second-order valence-corrected chi connectivity index (χ2v) is 4.77. The van der Waals surface area contributed by atoms with Crippen molar-refractivity contribution >= 4 is 24.0 Å². The number of aliphatic imine (C=N–C) groups is 1. The van der Waals surface area contributed by atoms with Crippen molar-refractivity contribution < 1.29 is 27.5 Å². The van der Waals surface area contributed by atoms with Crippen LogP contribution in [0.25, 0.3) is 0 Å². The van der Waals surface area contributed by atoms with Gasteiger partial charge in [0, 0.05) is 6.21 Å². The summed E-state index contributed by atoms with van der Waals surface area (Å²) in [5.74, 6) is -0.435. The number of carbonyl (C=O) groups is 2. The molecule has 25 heavy (non-hydrogen) atoms. The van der Waals surface area contributed by atoms with Gasteiger partial charge in [-0.3, -0.25) is 5.43 Å². The zero-order chi connectivity index (χ0) is 18.4. The molecule has 4 amide bonds. The topological polar surface area (TPSA) is 107 Å². The quantitative estimate of drug-likeness (QED) is 0.560. The summed E-state index contributed by atoms with van der Waals surface area (Å²) in [6.45, 7) is 1.82. The number of rotatable bonds is 4. The first-order chi connectivity index (χ1) is 11.7. The second-order valence-electron chi connectivity index (χ2n) is 4.77. The monoisotopic (exact) mass is 358 g/mol. The number of urea groups is 2. The molecule has 1 aromatic carbocycles. The van der Waals surface area contributed by atoms with E-state index in [1.54, 1.807) is 6.92 Å². The van der Waals surface area contributed by atoms with Crippen LogP contribution in [0.2, 0.25) is 0 Å². The van der Waals surface area contributed by atoms with Gasteiger partial charge in [0.2, 0.25) is 0 Å². The van der Waals surface area contributed by atoms with Gasteiger partial charge in [0.25, 0.3) is 0 Å². The second kappa shape index (κ2) is 7.61. The summed E-state index contributed by atoms with van der Waals surface area (Å²) < 4.78 is 40.2. The average molecular weight is 358 g/mol. The smallest absolute Gasteiger partial charge is 0.406 e. The van der Waals surface area contributed by atoms with Crippen LogP contribution in [0.4, 0.5) is 22.8 Å². The highest BCUT2D eigenvalue weighted by Gasteiger charge is 2.31. The van der Waals surface area contributed by atoms with Crippen LogP contribution in [0.15, 0.2) is 34.4 Å². The van der Waals surface area contributed by atoms with E-state index in [0.717, 1.165) is 23.4 Å². The summed E-state index contributed by atoms with van der Waals surface area (Å²) in [5.41, 5.74) is 7.50. The molecule has 1 aliphatic rings. The summed E-state index contributed by atoms with van der Waals surface area (Å²) in [7, 11) is 0. The lowest BCUT2D eigenvalue weighted by Gasteiger charge is -2.25. The van der Waals surface area contributed by atoms with Gasteiger partial charge in [0.15, 0.2) is 0 Å². The van der Waals surface area contributed by atoms with Gasteiger partial charge >= 0.3 is 18.4 Å². The van der Waals surface area contributed by atoms with Crippen LogP contribution in [0.1, 0.15) is 12.5 Å². The fourth-order valence-electron chi connectivity index (χ4n) is 1.70. The maximum Gasteiger partial charge on any atom is 0.573 e. The zero-order valence-electron chi connectivity index (χ0n) is 12.8. The molecule has 1 heterocycles. The van der Waals surface area contributed by atoms with E-state index in [9.17, 15) is 22.8 Å². The Morgan fingerprint density at radius 3 is 2.96 bits per heavy atom. The molecule has 1 aliphatic heterocycles. The molecule has 0 unspecified atom stereocenters. The van der Waals surface area contributed by atoms with Crippen LogP contribution in [-0.2, 0) is 0 Å². The van der Waals surface area contributed by atoms with E-state index in [2.05, 4.69) is 31.2 Å². The first-order valence-corrected chi connectivity index (χ1v) is 6.79. The highest BCUT2D eigenvalue weighted by atomic mass is 19.4. The molecular weight excluding hydrogens is 345 g/mol. The molecule has 0 radical (unpaired) electrons.